The van der Waals surface area contributed by atoms with E-state index in [9.17, 15) is 4.79 Å². The molecule has 0 N–H and O–H groups in total. The molecule has 0 radical (unpaired) electrons. The van der Waals surface area contributed by atoms with Gasteiger partial charge < -0.3 is 9.64 Å². The van der Waals surface area contributed by atoms with E-state index in [0.29, 0.717) is 18.2 Å². The van der Waals surface area contributed by atoms with Gasteiger partial charge in [0.2, 0.25) is 5.95 Å². The Morgan fingerprint density at radius 2 is 1.77 bits per heavy atom. The van der Waals surface area contributed by atoms with Crippen LogP contribution in [0.25, 0.3) is 11.3 Å². The summed E-state index contributed by atoms with van der Waals surface area (Å²) in [4.78, 5) is 24.0. The number of aromatic nitrogens is 3. The second kappa shape index (κ2) is 8.81. The zero-order chi connectivity index (χ0) is 20.6. The maximum Gasteiger partial charge on any atom is 0.255 e. The summed E-state index contributed by atoms with van der Waals surface area (Å²) in [5.41, 5.74) is 2.51. The SMILES string of the molecule is Cl.Cn1c(N2CC(c3ccccc3)OC3(CCCC3)C2)nc(-c2ccncc2)cc1=O. The molecule has 1 aromatic carbocycles. The van der Waals surface area contributed by atoms with Gasteiger partial charge in [-0.1, -0.05) is 43.2 Å². The van der Waals surface area contributed by atoms with Crippen LogP contribution in [0, 0.1) is 0 Å². The van der Waals surface area contributed by atoms with Crippen molar-refractivity contribution in [3.63, 3.8) is 0 Å². The maximum absolute atomic E-state index is 12.8. The van der Waals surface area contributed by atoms with Gasteiger partial charge in [-0.25, -0.2) is 4.98 Å². The van der Waals surface area contributed by atoms with Crippen LogP contribution in [0.3, 0.4) is 0 Å². The number of anilines is 1. The van der Waals surface area contributed by atoms with Crippen LogP contribution < -0.4 is 10.5 Å². The van der Waals surface area contributed by atoms with Crippen molar-refractivity contribution in [1.82, 2.24) is 14.5 Å². The van der Waals surface area contributed by atoms with Gasteiger partial charge in [0.1, 0.15) is 6.10 Å². The molecule has 0 amide bonds. The first-order valence-electron chi connectivity index (χ1n) is 10.6. The van der Waals surface area contributed by atoms with Gasteiger partial charge in [0.25, 0.3) is 5.56 Å². The van der Waals surface area contributed by atoms with Crippen molar-refractivity contribution >= 4 is 18.4 Å². The Balaban J connectivity index is 0.00000231. The van der Waals surface area contributed by atoms with Gasteiger partial charge in [0, 0.05) is 37.6 Å². The molecule has 1 aliphatic heterocycles. The van der Waals surface area contributed by atoms with Crippen LogP contribution in [0.5, 0.6) is 0 Å². The van der Waals surface area contributed by atoms with Crippen LogP contribution in [0.1, 0.15) is 37.4 Å². The topological polar surface area (TPSA) is 60.2 Å². The Morgan fingerprint density at radius 3 is 2.48 bits per heavy atom. The number of benzene rings is 1. The Kier molecular flexibility index (Phi) is 6.12. The Hall–Kier alpha value is -2.70. The fourth-order valence-corrected chi connectivity index (χ4v) is 4.76. The van der Waals surface area contributed by atoms with Crippen molar-refractivity contribution in [3.8, 4) is 11.3 Å². The van der Waals surface area contributed by atoms with Gasteiger partial charge in [-0.3, -0.25) is 14.3 Å². The maximum atomic E-state index is 12.8. The second-order valence-electron chi connectivity index (χ2n) is 8.36. The van der Waals surface area contributed by atoms with Crippen LogP contribution in [-0.4, -0.2) is 33.2 Å². The average molecular weight is 439 g/mol. The molecule has 1 aliphatic carbocycles. The van der Waals surface area contributed by atoms with Crippen LogP contribution in [0.4, 0.5) is 5.95 Å². The minimum Gasteiger partial charge on any atom is -0.363 e. The highest BCUT2D eigenvalue weighted by Crippen LogP contribution is 2.42. The zero-order valence-corrected chi connectivity index (χ0v) is 18.4. The van der Waals surface area contributed by atoms with Crippen LogP contribution in [0.2, 0.25) is 0 Å². The van der Waals surface area contributed by atoms with E-state index in [1.807, 2.05) is 18.2 Å². The van der Waals surface area contributed by atoms with Crippen LogP contribution in [-0.2, 0) is 11.8 Å². The average Bonchev–Trinajstić information content (AvgIpc) is 3.23. The number of morpholine rings is 1. The predicted octanol–water partition coefficient (Wildman–Crippen LogP) is 4.15. The van der Waals surface area contributed by atoms with Gasteiger partial charge in [-0.15, -0.1) is 12.4 Å². The van der Waals surface area contributed by atoms with Gasteiger partial charge in [0.15, 0.2) is 0 Å². The fraction of sp³-hybridized carbons (Fsp3) is 0.375. The van der Waals surface area contributed by atoms with Crippen molar-refractivity contribution in [2.45, 2.75) is 37.4 Å². The van der Waals surface area contributed by atoms with Gasteiger partial charge in [-0.2, -0.15) is 0 Å². The van der Waals surface area contributed by atoms with Crippen molar-refractivity contribution in [2.75, 3.05) is 18.0 Å². The van der Waals surface area contributed by atoms with Crippen LogP contribution in [0.15, 0.2) is 65.7 Å². The highest BCUT2D eigenvalue weighted by atomic mass is 35.5. The molecule has 3 heterocycles. The number of pyridine rings is 1. The summed E-state index contributed by atoms with van der Waals surface area (Å²) in [5.74, 6) is 0.699. The van der Waals surface area contributed by atoms with E-state index in [2.05, 4.69) is 34.1 Å². The van der Waals surface area contributed by atoms with E-state index in [0.717, 1.165) is 24.9 Å². The molecular weight excluding hydrogens is 412 g/mol. The molecule has 1 saturated carbocycles. The first-order valence-corrected chi connectivity index (χ1v) is 10.6. The van der Waals surface area contributed by atoms with E-state index in [-0.39, 0.29) is 29.7 Å². The van der Waals surface area contributed by atoms with E-state index in [1.54, 1.807) is 30.1 Å². The number of hydrogen-bond acceptors (Lipinski definition) is 5. The number of nitrogens with zero attached hydrogens (tertiary/aromatic N) is 4. The summed E-state index contributed by atoms with van der Waals surface area (Å²) < 4.78 is 8.35. The molecular formula is C24H27ClN4O2. The Morgan fingerprint density at radius 1 is 1.06 bits per heavy atom. The molecule has 2 aliphatic rings. The Labute approximate surface area is 188 Å². The molecule has 0 bridgehead atoms. The van der Waals surface area contributed by atoms with E-state index in [1.165, 1.54) is 18.4 Å². The lowest BCUT2D eigenvalue weighted by molar-refractivity contribution is -0.105. The van der Waals surface area contributed by atoms with Crippen molar-refractivity contribution < 1.29 is 4.74 Å². The minimum atomic E-state index is -0.177. The van der Waals surface area contributed by atoms with Gasteiger partial charge >= 0.3 is 0 Å². The summed E-state index contributed by atoms with van der Waals surface area (Å²) in [6, 6.07) is 15.7. The highest BCUT2D eigenvalue weighted by Gasteiger charge is 2.44. The predicted molar refractivity (Wildman–Crippen MR) is 124 cm³/mol. The molecule has 31 heavy (non-hydrogen) atoms. The van der Waals surface area contributed by atoms with Crippen molar-refractivity contribution in [2.24, 2.45) is 7.05 Å². The first kappa shape index (κ1) is 21.5. The molecule has 7 heteroatoms. The zero-order valence-electron chi connectivity index (χ0n) is 17.6. The van der Waals surface area contributed by atoms with E-state index >= 15 is 0 Å². The van der Waals surface area contributed by atoms with Crippen molar-refractivity contribution in [3.05, 3.63) is 76.8 Å². The molecule has 1 spiro atoms. The smallest absolute Gasteiger partial charge is 0.255 e. The molecule has 162 valence electrons. The molecule has 2 aromatic heterocycles. The quantitative estimate of drug-likeness (QED) is 0.614. The lowest BCUT2D eigenvalue weighted by Crippen LogP contribution is -2.53. The van der Waals surface area contributed by atoms with Gasteiger partial charge in [0.05, 0.1) is 17.8 Å². The molecule has 1 unspecified atom stereocenters. The van der Waals surface area contributed by atoms with Crippen molar-refractivity contribution in [1.29, 1.82) is 0 Å². The largest absolute Gasteiger partial charge is 0.363 e. The third-order valence-corrected chi connectivity index (χ3v) is 6.31. The molecule has 1 saturated heterocycles. The third-order valence-electron chi connectivity index (χ3n) is 6.31. The van der Waals surface area contributed by atoms with Gasteiger partial charge in [-0.05, 0) is 30.5 Å². The summed E-state index contributed by atoms with van der Waals surface area (Å²) in [7, 11) is 1.80. The summed E-state index contributed by atoms with van der Waals surface area (Å²) in [6.07, 6.45) is 7.86. The molecule has 3 aromatic rings. The van der Waals surface area contributed by atoms with E-state index in [4.69, 9.17) is 9.72 Å². The fourth-order valence-electron chi connectivity index (χ4n) is 4.76. The standard InChI is InChI=1S/C24H26N4O2.ClH/c1-27-22(29)15-20(18-9-13-25-14-10-18)26-23(27)28-16-21(19-7-3-2-4-8-19)30-24(17-28)11-5-6-12-24;/h2-4,7-10,13-15,21H,5-6,11-12,16-17H2,1H3;1H. The normalized spacial score (nSPS) is 19.9. The van der Waals surface area contributed by atoms with Crippen LogP contribution >= 0.6 is 12.4 Å². The number of ether oxygens (including phenoxy) is 1. The number of halogens is 1. The summed E-state index contributed by atoms with van der Waals surface area (Å²) in [5, 5.41) is 0. The lowest BCUT2D eigenvalue weighted by Gasteiger charge is -2.45. The Bertz CT molecular complexity index is 1080. The first-order chi connectivity index (χ1) is 14.6. The third kappa shape index (κ3) is 4.23. The number of rotatable bonds is 3. The highest BCUT2D eigenvalue weighted by molar-refractivity contribution is 5.85. The number of hydrogen-bond donors (Lipinski definition) is 0. The summed E-state index contributed by atoms with van der Waals surface area (Å²) >= 11 is 0. The molecule has 5 rings (SSSR count). The molecule has 1 atom stereocenters. The second-order valence-corrected chi connectivity index (χ2v) is 8.36. The molecule has 2 fully saturated rings. The lowest BCUT2D eigenvalue weighted by atomic mass is 9.96. The monoisotopic (exact) mass is 438 g/mol. The summed E-state index contributed by atoms with van der Waals surface area (Å²) in [6.45, 7) is 1.43. The molecule has 6 nitrogen and oxygen atoms in total. The van der Waals surface area contributed by atoms with E-state index < -0.39 is 0 Å². The minimum absolute atomic E-state index is 0.